The van der Waals surface area contributed by atoms with Crippen molar-refractivity contribution in [2.75, 3.05) is 33.4 Å². The van der Waals surface area contributed by atoms with Crippen molar-refractivity contribution in [1.29, 1.82) is 0 Å². The standard InChI is InChI=1S/C21H32N2O4/c1-16(2)15-27-13-10-20(24)22-18-8-11-23(12-9-18)21(25)14-17-6-4-5-7-19(17)26-3/h4-7,16,18H,8-15H2,1-3H3,(H,22,24). The molecule has 2 amide bonds. The van der Waals surface area contributed by atoms with E-state index in [-0.39, 0.29) is 17.9 Å². The summed E-state index contributed by atoms with van der Waals surface area (Å²) in [7, 11) is 1.62. The van der Waals surface area contributed by atoms with E-state index in [4.69, 9.17) is 9.47 Å². The number of piperidine rings is 1. The van der Waals surface area contributed by atoms with Gasteiger partial charge in [0.2, 0.25) is 11.8 Å². The number of hydrogen-bond acceptors (Lipinski definition) is 4. The number of methoxy groups -OCH3 is 1. The van der Waals surface area contributed by atoms with Crippen LogP contribution in [-0.2, 0) is 20.7 Å². The van der Waals surface area contributed by atoms with E-state index < -0.39 is 0 Å². The molecule has 150 valence electrons. The Bertz CT molecular complexity index is 610. The Hall–Kier alpha value is -2.08. The van der Waals surface area contributed by atoms with E-state index in [1.54, 1.807) is 7.11 Å². The van der Waals surface area contributed by atoms with Crippen LogP contribution < -0.4 is 10.1 Å². The lowest BCUT2D eigenvalue weighted by Crippen LogP contribution is -2.47. The van der Waals surface area contributed by atoms with Crippen LogP contribution in [0.4, 0.5) is 0 Å². The van der Waals surface area contributed by atoms with Crippen molar-refractivity contribution in [3.63, 3.8) is 0 Å². The summed E-state index contributed by atoms with van der Waals surface area (Å²) in [5.74, 6) is 1.35. The van der Waals surface area contributed by atoms with Crippen LogP contribution in [0.25, 0.3) is 0 Å². The average Bonchev–Trinajstić information content (AvgIpc) is 2.66. The molecule has 6 nitrogen and oxygen atoms in total. The average molecular weight is 376 g/mol. The first-order chi connectivity index (χ1) is 13.0. The summed E-state index contributed by atoms with van der Waals surface area (Å²) in [6.45, 7) is 6.65. The van der Waals surface area contributed by atoms with Gasteiger partial charge >= 0.3 is 0 Å². The van der Waals surface area contributed by atoms with E-state index in [1.165, 1.54) is 0 Å². The van der Waals surface area contributed by atoms with E-state index in [0.717, 1.165) is 24.2 Å². The molecule has 0 atom stereocenters. The van der Waals surface area contributed by atoms with E-state index in [2.05, 4.69) is 19.2 Å². The third-order valence-corrected chi connectivity index (χ3v) is 4.67. The summed E-state index contributed by atoms with van der Waals surface area (Å²) < 4.78 is 10.8. The molecule has 1 aliphatic heterocycles. The van der Waals surface area contributed by atoms with Crippen molar-refractivity contribution in [2.45, 2.75) is 45.6 Å². The normalized spacial score (nSPS) is 15.0. The van der Waals surface area contributed by atoms with Gasteiger partial charge in [0.15, 0.2) is 0 Å². The Labute approximate surface area is 162 Å². The van der Waals surface area contributed by atoms with Gasteiger partial charge in [0.05, 0.1) is 20.1 Å². The van der Waals surface area contributed by atoms with E-state index in [1.807, 2.05) is 29.2 Å². The number of nitrogens with one attached hydrogen (secondary N) is 1. The number of nitrogens with zero attached hydrogens (tertiary/aromatic N) is 1. The van der Waals surface area contributed by atoms with Gasteiger partial charge < -0.3 is 19.7 Å². The quantitative estimate of drug-likeness (QED) is 0.672. The van der Waals surface area contributed by atoms with Crippen LogP contribution in [0, 0.1) is 5.92 Å². The lowest BCUT2D eigenvalue weighted by Gasteiger charge is -2.32. The highest BCUT2D eigenvalue weighted by atomic mass is 16.5. The Morgan fingerprint density at radius 3 is 2.59 bits per heavy atom. The molecule has 1 N–H and O–H groups in total. The van der Waals surface area contributed by atoms with Crippen LogP contribution in [0.5, 0.6) is 5.75 Å². The van der Waals surface area contributed by atoms with Gasteiger partial charge in [0.25, 0.3) is 0 Å². The predicted molar refractivity (Wildman–Crippen MR) is 105 cm³/mol. The van der Waals surface area contributed by atoms with Crippen molar-refractivity contribution < 1.29 is 19.1 Å². The molecule has 27 heavy (non-hydrogen) atoms. The summed E-state index contributed by atoms with van der Waals surface area (Å²) >= 11 is 0. The van der Waals surface area contributed by atoms with Crippen molar-refractivity contribution in [2.24, 2.45) is 5.92 Å². The van der Waals surface area contributed by atoms with Gasteiger partial charge in [-0.15, -0.1) is 0 Å². The second-order valence-electron chi connectivity index (χ2n) is 7.43. The number of ether oxygens (including phenoxy) is 2. The molecule has 6 heteroatoms. The number of carbonyl (C=O) groups excluding carboxylic acids is 2. The Morgan fingerprint density at radius 2 is 1.93 bits per heavy atom. The summed E-state index contributed by atoms with van der Waals surface area (Å²) in [5.41, 5.74) is 0.904. The first kappa shape index (κ1) is 21.2. The first-order valence-electron chi connectivity index (χ1n) is 9.76. The van der Waals surface area contributed by atoms with Crippen LogP contribution in [0.15, 0.2) is 24.3 Å². The molecule has 0 unspecified atom stereocenters. The zero-order valence-corrected chi connectivity index (χ0v) is 16.7. The van der Waals surface area contributed by atoms with Crippen LogP contribution in [-0.4, -0.2) is 56.2 Å². The fraction of sp³-hybridized carbons (Fsp3) is 0.619. The van der Waals surface area contributed by atoms with Crippen molar-refractivity contribution in [3.05, 3.63) is 29.8 Å². The molecule has 0 radical (unpaired) electrons. The molecule has 0 aliphatic carbocycles. The molecule has 1 aromatic carbocycles. The zero-order valence-electron chi connectivity index (χ0n) is 16.7. The molecule has 1 aromatic rings. The third-order valence-electron chi connectivity index (χ3n) is 4.67. The number of carbonyl (C=O) groups is 2. The summed E-state index contributed by atoms with van der Waals surface area (Å²) in [6, 6.07) is 7.74. The number of benzene rings is 1. The summed E-state index contributed by atoms with van der Waals surface area (Å²) in [6.07, 6.45) is 2.31. The van der Waals surface area contributed by atoms with E-state index >= 15 is 0 Å². The molecule has 1 heterocycles. The number of hydrogen-bond donors (Lipinski definition) is 1. The van der Waals surface area contributed by atoms with Crippen molar-refractivity contribution >= 4 is 11.8 Å². The SMILES string of the molecule is COc1ccccc1CC(=O)N1CCC(NC(=O)CCOCC(C)C)CC1. The molecule has 1 fully saturated rings. The smallest absolute Gasteiger partial charge is 0.227 e. The Kier molecular flexibility index (Phi) is 8.58. The third kappa shape index (κ3) is 7.21. The zero-order chi connectivity index (χ0) is 19.6. The topological polar surface area (TPSA) is 67.9 Å². The largest absolute Gasteiger partial charge is 0.496 e. The molecule has 1 saturated heterocycles. The van der Waals surface area contributed by atoms with Gasteiger partial charge in [0, 0.05) is 37.7 Å². The van der Waals surface area contributed by atoms with Gasteiger partial charge in [-0.2, -0.15) is 0 Å². The van der Waals surface area contributed by atoms with Gasteiger partial charge in [-0.1, -0.05) is 32.0 Å². The van der Waals surface area contributed by atoms with Crippen LogP contribution in [0.2, 0.25) is 0 Å². The number of rotatable bonds is 9. The number of amides is 2. The lowest BCUT2D eigenvalue weighted by molar-refractivity contribution is -0.131. The van der Waals surface area contributed by atoms with E-state index in [0.29, 0.717) is 45.1 Å². The maximum absolute atomic E-state index is 12.6. The molecular formula is C21H32N2O4. The van der Waals surface area contributed by atoms with Gasteiger partial charge in [-0.3, -0.25) is 9.59 Å². The van der Waals surface area contributed by atoms with Gasteiger partial charge in [-0.25, -0.2) is 0 Å². The minimum absolute atomic E-state index is 0.0255. The monoisotopic (exact) mass is 376 g/mol. The molecule has 2 rings (SSSR count). The molecular weight excluding hydrogens is 344 g/mol. The summed E-state index contributed by atoms with van der Waals surface area (Å²) in [5, 5.41) is 3.06. The van der Waals surface area contributed by atoms with Gasteiger partial charge in [0.1, 0.15) is 5.75 Å². The van der Waals surface area contributed by atoms with Crippen molar-refractivity contribution in [1.82, 2.24) is 10.2 Å². The number of likely N-dealkylation sites (tertiary alicyclic amines) is 1. The van der Waals surface area contributed by atoms with Gasteiger partial charge in [-0.05, 0) is 24.8 Å². The highest BCUT2D eigenvalue weighted by Gasteiger charge is 2.24. The fourth-order valence-electron chi connectivity index (χ4n) is 3.18. The second-order valence-corrected chi connectivity index (χ2v) is 7.43. The Morgan fingerprint density at radius 1 is 1.22 bits per heavy atom. The molecule has 0 bridgehead atoms. The van der Waals surface area contributed by atoms with Crippen LogP contribution in [0.1, 0.15) is 38.7 Å². The molecule has 1 aliphatic rings. The summed E-state index contributed by atoms with van der Waals surface area (Å²) in [4.78, 5) is 26.4. The lowest BCUT2D eigenvalue weighted by atomic mass is 10.0. The maximum Gasteiger partial charge on any atom is 0.227 e. The van der Waals surface area contributed by atoms with Crippen LogP contribution >= 0.6 is 0 Å². The predicted octanol–water partition coefficient (Wildman–Crippen LogP) is 2.41. The molecule has 0 spiro atoms. The number of para-hydroxylation sites is 1. The second kappa shape index (κ2) is 10.9. The minimum atomic E-state index is 0.0255. The maximum atomic E-state index is 12.6. The fourth-order valence-corrected chi connectivity index (χ4v) is 3.18. The molecule has 0 saturated carbocycles. The Balaban J connectivity index is 1.70. The van der Waals surface area contributed by atoms with E-state index in [9.17, 15) is 9.59 Å². The first-order valence-corrected chi connectivity index (χ1v) is 9.76. The van der Waals surface area contributed by atoms with Crippen LogP contribution in [0.3, 0.4) is 0 Å². The minimum Gasteiger partial charge on any atom is -0.496 e. The highest BCUT2D eigenvalue weighted by Crippen LogP contribution is 2.20. The molecule has 0 aromatic heterocycles. The highest BCUT2D eigenvalue weighted by molar-refractivity contribution is 5.80. The van der Waals surface area contributed by atoms with Crippen molar-refractivity contribution in [3.8, 4) is 5.75 Å².